The van der Waals surface area contributed by atoms with Crippen LogP contribution in [0.2, 0.25) is 0 Å². The van der Waals surface area contributed by atoms with E-state index in [2.05, 4.69) is 9.97 Å². The van der Waals surface area contributed by atoms with E-state index in [4.69, 9.17) is 4.74 Å². The molecule has 26 heavy (non-hydrogen) atoms. The van der Waals surface area contributed by atoms with Gasteiger partial charge in [-0.1, -0.05) is 12.1 Å². The van der Waals surface area contributed by atoms with E-state index in [-0.39, 0.29) is 11.5 Å². The van der Waals surface area contributed by atoms with Crippen molar-refractivity contribution in [1.82, 2.24) is 14.5 Å². The summed E-state index contributed by atoms with van der Waals surface area (Å²) in [6.07, 6.45) is -3.08. The molecule has 1 atom stereocenters. The Labute approximate surface area is 151 Å². The lowest BCUT2D eigenvalue weighted by atomic mass is 10.2. The highest BCUT2D eigenvalue weighted by molar-refractivity contribution is 7.90. The Balaban J connectivity index is 1.82. The lowest BCUT2D eigenvalue weighted by Gasteiger charge is -2.14. The molecule has 0 saturated heterocycles. The van der Waals surface area contributed by atoms with Crippen molar-refractivity contribution in [3.63, 3.8) is 0 Å². The van der Waals surface area contributed by atoms with Gasteiger partial charge < -0.3 is 9.29 Å². The van der Waals surface area contributed by atoms with Gasteiger partial charge >= 0.3 is 11.3 Å². The first-order valence-corrected chi connectivity index (χ1v) is 9.02. The third-order valence-corrected chi connectivity index (χ3v) is 5.18. The molecule has 0 amide bonds. The number of nitrogens with zero attached hydrogens (tertiary/aromatic N) is 3. The van der Waals surface area contributed by atoms with Crippen molar-refractivity contribution in [2.24, 2.45) is 7.05 Å². The molecule has 2 aromatic heterocycles. The van der Waals surface area contributed by atoms with E-state index in [1.165, 1.54) is 12.3 Å². The van der Waals surface area contributed by atoms with E-state index in [0.29, 0.717) is 16.4 Å². The summed E-state index contributed by atoms with van der Waals surface area (Å²) in [5.74, 6) is 0.112. The van der Waals surface area contributed by atoms with Crippen LogP contribution in [0, 0.1) is 6.92 Å². The summed E-state index contributed by atoms with van der Waals surface area (Å²) in [4.78, 5) is 8.53. The average molecular weight is 383 g/mol. The number of rotatable bonds is 5. The van der Waals surface area contributed by atoms with Crippen LogP contribution >= 0.6 is 0 Å². The summed E-state index contributed by atoms with van der Waals surface area (Å²) in [6, 6.07) is 8.77. The van der Waals surface area contributed by atoms with Crippen LogP contribution in [-0.2, 0) is 24.0 Å². The van der Waals surface area contributed by atoms with Crippen LogP contribution in [0.5, 0.6) is 5.75 Å². The van der Waals surface area contributed by atoms with Crippen molar-refractivity contribution < 1.29 is 22.5 Å². The number of pyridine rings is 1. The minimum absolute atomic E-state index is 0.0339. The fourth-order valence-corrected chi connectivity index (χ4v) is 3.81. The van der Waals surface area contributed by atoms with Crippen molar-refractivity contribution in [1.29, 1.82) is 0 Å². The van der Waals surface area contributed by atoms with Gasteiger partial charge in [0, 0.05) is 30.0 Å². The Morgan fingerprint density at radius 2 is 1.96 bits per heavy atom. The van der Waals surface area contributed by atoms with Gasteiger partial charge in [0.2, 0.25) is 0 Å². The number of imidazole rings is 1. The Bertz CT molecular complexity index is 927. The van der Waals surface area contributed by atoms with Crippen molar-refractivity contribution in [2.75, 3.05) is 6.61 Å². The van der Waals surface area contributed by atoms with E-state index >= 15 is 0 Å². The van der Waals surface area contributed by atoms with Gasteiger partial charge in [-0.05, 0) is 25.1 Å². The van der Waals surface area contributed by atoms with Crippen LogP contribution in [-0.4, -0.2) is 31.9 Å². The van der Waals surface area contributed by atoms with E-state index in [0.717, 1.165) is 11.0 Å². The first kappa shape index (κ1) is 18.5. The van der Waals surface area contributed by atoms with Crippen LogP contribution in [0.15, 0.2) is 41.7 Å². The molecule has 138 valence electrons. The number of ether oxygens (including phenoxy) is 1. The van der Waals surface area contributed by atoms with Crippen molar-refractivity contribution in [3.8, 4) is 5.75 Å². The number of halogens is 3. The lowest BCUT2D eigenvalue weighted by molar-refractivity contribution is -0.153. The smallest absolute Gasteiger partial charge is 0.422 e. The fourth-order valence-electron chi connectivity index (χ4n) is 2.54. The molecule has 9 heteroatoms. The quantitative estimate of drug-likeness (QED) is 0.633. The number of hydrogen-bond acceptors (Lipinski definition) is 4. The number of para-hydroxylation sites is 2. The van der Waals surface area contributed by atoms with Gasteiger partial charge in [-0.15, -0.1) is 0 Å². The molecular formula is C17H16F3N3O2S. The highest BCUT2D eigenvalue weighted by Crippen LogP contribution is 2.26. The molecule has 0 N–H and O–H groups in total. The lowest BCUT2D eigenvalue weighted by Crippen LogP contribution is -2.20. The monoisotopic (exact) mass is 383 g/mol. The third-order valence-electron chi connectivity index (χ3n) is 3.87. The molecule has 0 aliphatic rings. The van der Waals surface area contributed by atoms with Gasteiger partial charge in [-0.25, -0.2) is 0 Å². The first-order valence-electron chi connectivity index (χ1n) is 7.70. The Morgan fingerprint density at radius 3 is 2.65 bits per heavy atom. The minimum Gasteiger partial charge on any atom is -0.609 e. The molecule has 1 aromatic carbocycles. The SMILES string of the molecule is Cc1c(OCC(F)(F)F)ccnc1C[S+]([O-])c1nc2ccccc2n1C. The number of aryl methyl sites for hydroxylation is 1. The predicted octanol–water partition coefficient (Wildman–Crippen LogP) is 3.53. The Hall–Kier alpha value is -2.26. The third kappa shape index (κ3) is 3.94. The molecule has 0 saturated carbocycles. The van der Waals surface area contributed by atoms with Crippen LogP contribution in [0.4, 0.5) is 13.2 Å². The van der Waals surface area contributed by atoms with Crippen LogP contribution in [0.3, 0.4) is 0 Å². The van der Waals surface area contributed by atoms with Gasteiger partial charge in [0.25, 0.3) is 0 Å². The highest BCUT2D eigenvalue weighted by atomic mass is 32.2. The predicted molar refractivity (Wildman–Crippen MR) is 91.4 cm³/mol. The maximum atomic E-state index is 12.8. The van der Waals surface area contributed by atoms with E-state index in [1.807, 2.05) is 24.3 Å². The molecular weight excluding hydrogens is 367 g/mol. The molecule has 3 aromatic rings. The van der Waals surface area contributed by atoms with E-state index in [1.54, 1.807) is 18.5 Å². The summed E-state index contributed by atoms with van der Waals surface area (Å²) >= 11 is -1.51. The second-order valence-electron chi connectivity index (χ2n) is 5.72. The van der Waals surface area contributed by atoms with E-state index in [9.17, 15) is 17.7 Å². The molecule has 3 rings (SSSR count). The van der Waals surface area contributed by atoms with Crippen molar-refractivity contribution in [3.05, 3.63) is 47.8 Å². The molecule has 5 nitrogen and oxygen atoms in total. The van der Waals surface area contributed by atoms with Crippen molar-refractivity contribution >= 4 is 22.2 Å². The molecule has 0 radical (unpaired) electrons. The minimum atomic E-state index is -4.42. The summed E-state index contributed by atoms with van der Waals surface area (Å²) in [5.41, 5.74) is 2.42. The van der Waals surface area contributed by atoms with Gasteiger partial charge in [-0.2, -0.15) is 18.2 Å². The molecule has 0 spiro atoms. The number of hydrogen-bond donors (Lipinski definition) is 0. The summed E-state index contributed by atoms with van der Waals surface area (Å²) in [5, 5.41) is 0.383. The zero-order chi connectivity index (χ0) is 18.9. The highest BCUT2D eigenvalue weighted by Gasteiger charge is 2.29. The van der Waals surface area contributed by atoms with Crippen LogP contribution in [0.1, 0.15) is 11.3 Å². The van der Waals surface area contributed by atoms with Crippen molar-refractivity contribution in [2.45, 2.75) is 24.0 Å². The maximum Gasteiger partial charge on any atom is 0.422 e. The summed E-state index contributed by atoms with van der Waals surface area (Å²) < 4.78 is 56.4. The Morgan fingerprint density at radius 1 is 1.23 bits per heavy atom. The molecule has 2 heterocycles. The van der Waals surface area contributed by atoms with Crippen LogP contribution < -0.4 is 4.74 Å². The van der Waals surface area contributed by atoms with E-state index < -0.39 is 24.0 Å². The molecule has 0 aliphatic carbocycles. The number of alkyl halides is 3. The second kappa shape index (κ2) is 7.16. The fraction of sp³-hybridized carbons (Fsp3) is 0.294. The topological polar surface area (TPSA) is 63.0 Å². The standard InChI is InChI=1S/C17H16F3N3O2S/c1-11-13(21-8-7-15(11)25-10-17(18,19)20)9-26(24)16-22-12-5-3-4-6-14(12)23(16)2/h3-8H,9-10H2,1-2H3. The first-order chi connectivity index (χ1) is 12.3. The zero-order valence-corrected chi connectivity index (χ0v) is 14.9. The molecule has 0 fully saturated rings. The maximum absolute atomic E-state index is 12.8. The van der Waals surface area contributed by atoms with Crippen LogP contribution in [0.25, 0.3) is 11.0 Å². The molecule has 0 aliphatic heterocycles. The van der Waals surface area contributed by atoms with Gasteiger partial charge in [-0.3, -0.25) is 9.55 Å². The zero-order valence-electron chi connectivity index (χ0n) is 14.1. The largest absolute Gasteiger partial charge is 0.609 e. The Kier molecular flexibility index (Phi) is 5.10. The average Bonchev–Trinajstić information content (AvgIpc) is 2.92. The normalized spacial score (nSPS) is 13.2. The summed E-state index contributed by atoms with van der Waals surface area (Å²) in [6.45, 7) is 0.214. The molecule has 1 unspecified atom stereocenters. The van der Waals surface area contributed by atoms with Gasteiger partial charge in [0.1, 0.15) is 5.75 Å². The van der Waals surface area contributed by atoms with Gasteiger partial charge in [0.05, 0.1) is 16.7 Å². The van der Waals surface area contributed by atoms with Gasteiger partial charge in [0.15, 0.2) is 12.4 Å². The number of fused-ring (bicyclic) bond motifs is 1. The second-order valence-corrected chi connectivity index (χ2v) is 7.06. The summed E-state index contributed by atoms with van der Waals surface area (Å²) in [7, 11) is 1.77. The molecule has 0 bridgehead atoms. The number of benzene rings is 1. The number of aromatic nitrogens is 3.